The number of nitrogens with two attached hydrogens (primary N) is 1. The molecule has 0 saturated carbocycles. The number of ether oxygens (including phenoxy) is 2. The van der Waals surface area contributed by atoms with E-state index in [9.17, 15) is 0 Å². The number of piperidine rings is 1. The zero-order valence-corrected chi connectivity index (χ0v) is 10.2. The van der Waals surface area contributed by atoms with Gasteiger partial charge in [-0.05, 0) is 12.8 Å². The van der Waals surface area contributed by atoms with Crippen LogP contribution in [0.25, 0.3) is 0 Å². The lowest BCUT2D eigenvalue weighted by atomic mass is 10.1. The molecule has 0 radical (unpaired) electrons. The number of nitrogen functional groups attached to an aromatic ring is 1. The molecule has 1 saturated heterocycles. The SMILES string of the molecule is COc1cc(N2CCCC(OC)C2)nc(N)n1. The summed E-state index contributed by atoms with van der Waals surface area (Å²) < 4.78 is 10.5. The Morgan fingerprint density at radius 3 is 2.94 bits per heavy atom. The number of aromatic nitrogens is 2. The minimum absolute atomic E-state index is 0.235. The Morgan fingerprint density at radius 1 is 1.41 bits per heavy atom. The summed E-state index contributed by atoms with van der Waals surface area (Å²) in [5, 5.41) is 0. The van der Waals surface area contributed by atoms with E-state index in [4.69, 9.17) is 15.2 Å². The molecule has 6 nitrogen and oxygen atoms in total. The van der Waals surface area contributed by atoms with Crippen molar-refractivity contribution in [3.63, 3.8) is 0 Å². The van der Waals surface area contributed by atoms with Gasteiger partial charge in [-0.15, -0.1) is 0 Å². The second-order valence-corrected chi connectivity index (χ2v) is 4.07. The van der Waals surface area contributed by atoms with Gasteiger partial charge >= 0.3 is 0 Å². The topological polar surface area (TPSA) is 73.5 Å². The van der Waals surface area contributed by atoms with Crippen molar-refractivity contribution < 1.29 is 9.47 Å². The van der Waals surface area contributed by atoms with Gasteiger partial charge < -0.3 is 20.1 Å². The number of rotatable bonds is 3. The first-order chi connectivity index (χ1) is 8.22. The number of hydrogen-bond donors (Lipinski definition) is 1. The van der Waals surface area contributed by atoms with E-state index in [0.717, 1.165) is 31.7 Å². The van der Waals surface area contributed by atoms with E-state index in [0.29, 0.717) is 5.88 Å². The summed E-state index contributed by atoms with van der Waals surface area (Å²) >= 11 is 0. The van der Waals surface area contributed by atoms with Crippen molar-refractivity contribution in [1.82, 2.24) is 9.97 Å². The van der Waals surface area contributed by atoms with Crippen molar-refractivity contribution in [1.29, 1.82) is 0 Å². The highest BCUT2D eigenvalue weighted by Crippen LogP contribution is 2.22. The second-order valence-electron chi connectivity index (χ2n) is 4.07. The summed E-state index contributed by atoms with van der Waals surface area (Å²) in [5.74, 6) is 1.53. The van der Waals surface area contributed by atoms with Gasteiger partial charge in [-0.2, -0.15) is 9.97 Å². The predicted octanol–water partition coefficient (Wildman–Crippen LogP) is 0.683. The fourth-order valence-corrected chi connectivity index (χ4v) is 2.04. The van der Waals surface area contributed by atoms with Gasteiger partial charge in [0, 0.05) is 26.3 Å². The van der Waals surface area contributed by atoms with Gasteiger partial charge in [-0.1, -0.05) is 0 Å². The molecule has 1 aliphatic rings. The Balaban J connectivity index is 2.18. The summed E-state index contributed by atoms with van der Waals surface area (Å²) in [6.07, 6.45) is 2.43. The third-order valence-corrected chi connectivity index (χ3v) is 2.95. The molecule has 1 fully saturated rings. The minimum atomic E-state index is 0.235. The summed E-state index contributed by atoms with van der Waals surface area (Å²) in [6.45, 7) is 1.79. The fourth-order valence-electron chi connectivity index (χ4n) is 2.04. The van der Waals surface area contributed by atoms with E-state index >= 15 is 0 Å². The Bertz CT molecular complexity index is 386. The first kappa shape index (κ1) is 11.9. The zero-order chi connectivity index (χ0) is 12.3. The highest BCUT2D eigenvalue weighted by molar-refractivity contribution is 5.45. The van der Waals surface area contributed by atoms with E-state index in [-0.39, 0.29) is 12.1 Å². The van der Waals surface area contributed by atoms with Crippen LogP contribution in [0.4, 0.5) is 11.8 Å². The first-order valence-electron chi connectivity index (χ1n) is 5.69. The van der Waals surface area contributed by atoms with Crippen LogP contribution in [0, 0.1) is 0 Å². The maximum absolute atomic E-state index is 5.65. The van der Waals surface area contributed by atoms with Crippen LogP contribution in [0.1, 0.15) is 12.8 Å². The zero-order valence-electron chi connectivity index (χ0n) is 10.2. The van der Waals surface area contributed by atoms with Gasteiger partial charge in [0.2, 0.25) is 11.8 Å². The Kier molecular flexibility index (Phi) is 3.63. The molecule has 1 aromatic heterocycles. The maximum Gasteiger partial charge on any atom is 0.225 e. The molecule has 1 unspecified atom stereocenters. The minimum Gasteiger partial charge on any atom is -0.481 e. The highest BCUT2D eigenvalue weighted by atomic mass is 16.5. The van der Waals surface area contributed by atoms with Gasteiger partial charge in [-0.25, -0.2) is 0 Å². The Morgan fingerprint density at radius 2 is 2.24 bits per heavy atom. The summed E-state index contributed by atoms with van der Waals surface area (Å²) in [4.78, 5) is 10.4. The molecule has 94 valence electrons. The quantitative estimate of drug-likeness (QED) is 0.835. The fraction of sp³-hybridized carbons (Fsp3) is 0.636. The molecule has 1 aliphatic heterocycles. The van der Waals surface area contributed by atoms with E-state index in [1.807, 2.05) is 0 Å². The van der Waals surface area contributed by atoms with Gasteiger partial charge in [0.15, 0.2) is 0 Å². The van der Waals surface area contributed by atoms with Crippen molar-refractivity contribution in [3.05, 3.63) is 6.07 Å². The molecular formula is C11H18N4O2. The van der Waals surface area contributed by atoms with Crippen LogP contribution in [0.3, 0.4) is 0 Å². The van der Waals surface area contributed by atoms with Crippen LogP contribution in [0.15, 0.2) is 6.07 Å². The molecule has 0 amide bonds. The lowest BCUT2D eigenvalue weighted by molar-refractivity contribution is 0.0891. The van der Waals surface area contributed by atoms with Crippen molar-refractivity contribution in [2.24, 2.45) is 0 Å². The van der Waals surface area contributed by atoms with Crippen molar-refractivity contribution in [3.8, 4) is 5.88 Å². The molecule has 0 aliphatic carbocycles. The van der Waals surface area contributed by atoms with Crippen molar-refractivity contribution in [2.45, 2.75) is 18.9 Å². The molecule has 0 aromatic carbocycles. The van der Waals surface area contributed by atoms with E-state index in [1.165, 1.54) is 0 Å². The summed E-state index contributed by atoms with van der Waals surface area (Å²) in [5.41, 5.74) is 5.65. The lowest BCUT2D eigenvalue weighted by Gasteiger charge is -2.32. The van der Waals surface area contributed by atoms with Crippen LogP contribution in [-0.4, -0.2) is 43.4 Å². The number of anilines is 2. The molecule has 2 heterocycles. The molecule has 6 heteroatoms. The Hall–Kier alpha value is -1.56. The molecule has 1 aromatic rings. The molecule has 17 heavy (non-hydrogen) atoms. The van der Waals surface area contributed by atoms with Crippen LogP contribution in [-0.2, 0) is 4.74 Å². The smallest absolute Gasteiger partial charge is 0.225 e. The average Bonchev–Trinajstić information content (AvgIpc) is 2.38. The number of methoxy groups -OCH3 is 2. The monoisotopic (exact) mass is 238 g/mol. The van der Waals surface area contributed by atoms with Gasteiger partial charge in [0.25, 0.3) is 0 Å². The molecule has 2 N–H and O–H groups in total. The van der Waals surface area contributed by atoms with Crippen LogP contribution in [0.2, 0.25) is 0 Å². The molecule has 2 rings (SSSR count). The normalized spacial score (nSPS) is 20.4. The molecule has 1 atom stereocenters. The standard InChI is InChI=1S/C11H18N4O2/c1-16-8-4-3-5-15(7-8)9-6-10(17-2)14-11(12)13-9/h6,8H,3-5,7H2,1-2H3,(H2,12,13,14). The van der Waals surface area contributed by atoms with Crippen molar-refractivity contribution >= 4 is 11.8 Å². The van der Waals surface area contributed by atoms with Gasteiger partial charge in [0.05, 0.1) is 13.2 Å². The van der Waals surface area contributed by atoms with Crippen LogP contribution < -0.4 is 15.4 Å². The number of nitrogens with zero attached hydrogens (tertiary/aromatic N) is 3. The Labute approximate surface area is 101 Å². The highest BCUT2D eigenvalue weighted by Gasteiger charge is 2.21. The largest absolute Gasteiger partial charge is 0.481 e. The molecule has 0 spiro atoms. The first-order valence-corrected chi connectivity index (χ1v) is 5.69. The van der Waals surface area contributed by atoms with E-state index in [1.54, 1.807) is 20.3 Å². The summed E-state index contributed by atoms with van der Waals surface area (Å²) in [7, 11) is 3.31. The van der Waals surface area contributed by atoms with Gasteiger partial charge in [-0.3, -0.25) is 0 Å². The van der Waals surface area contributed by atoms with E-state index in [2.05, 4.69) is 14.9 Å². The van der Waals surface area contributed by atoms with Crippen LogP contribution in [0.5, 0.6) is 5.88 Å². The predicted molar refractivity (Wildman–Crippen MR) is 65.2 cm³/mol. The summed E-state index contributed by atoms with van der Waals surface area (Å²) in [6, 6.07) is 1.80. The van der Waals surface area contributed by atoms with Crippen LogP contribution >= 0.6 is 0 Å². The van der Waals surface area contributed by atoms with E-state index < -0.39 is 0 Å². The van der Waals surface area contributed by atoms with Crippen molar-refractivity contribution in [2.75, 3.05) is 37.9 Å². The second kappa shape index (κ2) is 5.18. The molecular weight excluding hydrogens is 220 g/mol. The number of hydrogen-bond acceptors (Lipinski definition) is 6. The average molecular weight is 238 g/mol. The van der Waals surface area contributed by atoms with Gasteiger partial charge in [0.1, 0.15) is 5.82 Å². The maximum atomic E-state index is 5.65. The lowest BCUT2D eigenvalue weighted by Crippen LogP contribution is -2.39. The molecule has 0 bridgehead atoms. The third kappa shape index (κ3) is 2.76. The third-order valence-electron chi connectivity index (χ3n) is 2.95.